The molecule has 2 atom stereocenters. The van der Waals surface area contributed by atoms with E-state index in [1.807, 2.05) is 6.07 Å². The van der Waals surface area contributed by atoms with Gasteiger partial charge >= 0.3 is 0 Å². The Balaban J connectivity index is 2.50. The van der Waals surface area contributed by atoms with Gasteiger partial charge < -0.3 is 10.4 Å². The van der Waals surface area contributed by atoms with E-state index in [-0.39, 0.29) is 12.1 Å². The van der Waals surface area contributed by atoms with Crippen molar-refractivity contribution in [3.05, 3.63) is 35.9 Å². The fourth-order valence-corrected chi connectivity index (χ4v) is 1.59. The lowest BCUT2D eigenvalue weighted by Crippen LogP contribution is -2.46. The van der Waals surface area contributed by atoms with Gasteiger partial charge in [0.25, 0.3) is 0 Å². The first kappa shape index (κ1) is 13.2. The van der Waals surface area contributed by atoms with Crippen molar-refractivity contribution in [3.8, 4) is 0 Å². The number of benzene rings is 1. The van der Waals surface area contributed by atoms with Crippen molar-refractivity contribution in [1.82, 2.24) is 5.32 Å². The van der Waals surface area contributed by atoms with Gasteiger partial charge in [0.2, 0.25) is 0 Å². The highest BCUT2D eigenvalue weighted by atomic mass is 16.3. The summed E-state index contributed by atoms with van der Waals surface area (Å²) in [4.78, 5) is 0. The van der Waals surface area contributed by atoms with Crippen LogP contribution in [0.15, 0.2) is 30.3 Å². The third-order valence-electron chi connectivity index (χ3n) is 3.33. The summed E-state index contributed by atoms with van der Waals surface area (Å²) in [6.07, 6.45) is 0.936. The molecule has 0 aromatic heterocycles. The Bertz CT molecular complexity index is 293. The number of aliphatic hydroxyl groups is 1. The molecule has 0 radical (unpaired) electrons. The van der Waals surface area contributed by atoms with Gasteiger partial charge in [0.05, 0.1) is 6.61 Å². The van der Waals surface area contributed by atoms with E-state index in [1.165, 1.54) is 5.56 Å². The highest BCUT2D eigenvalue weighted by molar-refractivity contribution is 5.19. The molecule has 0 spiro atoms. The molecule has 0 amide bonds. The molecular formula is C14H23NO. The van der Waals surface area contributed by atoms with E-state index < -0.39 is 0 Å². The Labute approximate surface area is 98.7 Å². The average molecular weight is 221 g/mol. The maximum atomic E-state index is 9.31. The molecule has 90 valence electrons. The zero-order valence-corrected chi connectivity index (χ0v) is 10.5. The summed E-state index contributed by atoms with van der Waals surface area (Å²) in [5.41, 5.74) is 1.19. The number of rotatable bonds is 6. The Kier molecular flexibility index (Phi) is 4.97. The van der Waals surface area contributed by atoms with Crippen molar-refractivity contribution >= 4 is 0 Å². The molecule has 1 aromatic rings. The Hall–Kier alpha value is -0.860. The minimum absolute atomic E-state index is 0.150. The van der Waals surface area contributed by atoms with Crippen LogP contribution in [0, 0.1) is 0 Å². The largest absolute Gasteiger partial charge is 0.394 e. The van der Waals surface area contributed by atoms with E-state index in [9.17, 15) is 5.11 Å². The fourth-order valence-electron chi connectivity index (χ4n) is 1.59. The van der Waals surface area contributed by atoms with E-state index >= 15 is 0 Å². The zero-order valence-electron chi connectivity index (χ0n) is 10.5. The van der Waals surface area contributed by atoms with Gasteiger partial charge in [-0.15, -0.1) is 0 Å². The molecule has 0 fully saturated rings. The third kappa shape index (κ3) is 3.62. The van der Waals surface area contributed by atoms with Crippen molar-refractivity contribution in [1.29, 1.82) is 0 Å². The molecule has 16 heavy (non-hydrogen) atoms. The highest BCUT2D eigenvalue weighted by Gasteiger charge is 2.20. The van der Waals surface area contributed by atoms with Crippen LogP contribution in [0.5, 0.6) is 0 Å². The maximum absolute atomic E-state index is 9.31. The molecule has 1 rings (SSSR count). The van der Waals surface area contributed by atoms with Gasteiger partial charge in [0, 0.05) is 12.1 Å². The minimum atomic E-state index is -0.150. The summed E-state index contributed by atoms with van der Waals surface area (Å²) in [5.74, 6) is 0.471. The van der Waals surface area contributed by atoms with Crippen LogP contribution < -0.4 is 5.32 Å². The second-order valence-electron chi connectivity index (χ2n) is 4.76. The highest BCUT2D eigenvalue weighted by Crippen LogP contribution is 2.15. The van der Waals surface area contributed by atoms with Crippen LogP contribution in [-0.2, 0) is 0 Å². The predicted molar refractivity (Wildman–Crippen MR) is 68.6 cm³/mol. The second kappa shape index (κ2) is 6.02. The van der Waals surface area contributed by atoms with E-state index in [0.717, 1.165) is 13.0 Å². The van der Waals surface area contributed by atoms with Crippen LogP contribution >= 0.6 is 0 Å². The molecule has 0 aliphatic rings. The van der Waals surface area contributed by atoms with Crippen molar-refractivity contribution < 1.29 is 5.11 Å². The molecule has 2 heteroatoms. The zero-order chi connectivity index (χ0) is 12.0. The van der Waals surface area contributed by atoms with E-state index in [4.69, 9.17) is 0 Å². The Morgan fingerprint density at radius 2 is 1.94 bits per heavy atom. The minimum Gasteiger partial charge on any atom is -0.394 e. The molecule has 0 aliphatic carbocycles. The van der Waals surface area contributed by atoms with Gasteiger partial charge in [-0.2, -0.15) is 0 Å². The summed E-state index contributed by atoms with van der Waals surface area (Å²) in [6.45, 7) is 7.44. The van der Waals surface area contributed by atoms with Crippen LogP contribution in [0.3, 0.4) is 0 Å². The normalized spacial score (nSPS) is 16.8. The lowest BCUT2D eigenvalue weighted by Gasteiger charge is -2.29. The fraction of sp³-hybridized carbons (Fsp3) is 0.571. The lowest BCUT2D eigenvalue weighted by atomic mass is 9.96. The standard InChI is InChI=1S/C14H23NO/c1-4-14(3,11-16)15-10-12(2)13-8-6-5-7-9-13/h5-9,12,15-16H,4,10-11H2,1-3H3. The molecule has 0 saturated carbocycles. The van der Waals surface area contributed by atoms with Gasteiger partial charge in [-0.05, 0) is 24.8 Å². The first-order valence-electron chi connectivity index (χ1n) is 6.02. The first-order valence-corrected chi connectivity index (χ1v) is 6.02. The molecule has 2 nitrogen and oxygen atoms in total. The van der Waals surface area contributed by atoms with Gasteiger partial charge in [-0.1, -0.05) is 44.2 Å². The van der Waals surface area contributed by atoms with Crippen molar-refractivity contribution in [2.45, 2.75) is 38.6 Å². The van der Waals surface area contributed by atoms with Crippen LogP contribution in [0.4, 0.5) is 0 Å². The van der Waals surface area contributed by atoms with Crippen LogP contribution in [0.25, 0.3) is 0 Å². The van der Waals surface area contributed by atoms with E-state index in [1.54, 1.807) is 0 Å². The van der Waals surface area contributed by atoms with Gasteiger partial charge in [0.1, 0.15) is 0 Å². The lowest BCUT2D eigenvalue weighted by molar-refractivity contribution is 0.169. The molecule has 0 aliphatic heterocycles. The van der Waals surface area contributed by atoms with Gasteiger partial charge in [-0.25, -0.2) is 0 Å². The Morgan fingerprint density at radius 3 is 2.44 bits per heavy atom. The number of hydrogen-bond acceptors (Lipinski definition) is 2. The number of aliphatic hydroxyl groups excluding tert-OH is 1. The van der Waals surface area contributed by atoms with E-state index in [0.29, 0.717) is 5.92 Å². The average Bonchev–Trinajstić information content (AvgIpc) is 2.36. The molecular weight excluding hydrogens is 198 g/mol. The van der Waals surface area contributed by atoms with Gasteiger partial charge in [0.15, 0.2) is 0 Å². The Morgan fingerprint density at radius 1 is 1.31 bits per heavy atom. The van der Waals surface area contributed by atoms with Crippen molar-refractivity contribution in [3.63, 3.8) is 0 Å². The molecule has 2 unspecified atom stereocenters. The van der Waals surface area contributed by atoms with Crippen LogP contribution in [0.1, 0.15) is 38.7 Å². The molecule has 0 saturated heterocycles. The number of nitrogens with one attached hydrogen (secondary N) is 1. The van der Waals surface area contributed by atoms with Crippen LogP contribution in [-0.4, -0.2) is 23.8 Å². The number of hydrogen-bond donors (Lipinski definition) is 2. The van der Waals surface area contributed by atoms with Crippen molar-refractivity contribution in [2.75, 3.05) is 13.2 Å². The molecule has 0 heterocycles. The quantitative estimate of drug-likeness (QED) is 0.773. The monoisotopic (exact) mass is 221 g/mol. The maximum Gasteiger partial charge on any atom is 0.0610 e. The summed E-state index contributed by atoms with van der Waals surface area (Å²) in [6, 6.07) is 10.5. The molecule has 1 aromatic carbocycles. The predicted octanol–water partition coefficient (Wildman–Crippen LogP) is 2.54. The molecule has 0 bridgehead atoms. The van der Waals surface area contributed by atoms with Gasteiger partial charge in [-0.3, -0.25) is 0 Å². The van der Waals surface area contributed by atoms with E-state index in [2.05, 4.69) is 50.4 Å². The smallest absolute Gasteiger partial charge is 0.0610 e. The molecule has 2 N–H and O–H groups in total. The SMILES string of the molecule is CCC(C)(CO)NCC(C)c1ccccc1. The summed E-state index contributed by atoms with van der Waals surface area (Å²) in [5, 5.41) is 12.7. The van der Waals surface area contributed by atoms with Crippen molar-refractivity contribution in [2.24, 2.45) is 0 Å². The first-order chi connectivity index (χ1) is 7.61. The summed E-state index contributed by atoms with van der Waals surface area (Å²) < 4.78 is 0. The summed E-state index contributed by atoms with van der Waals surface area (Å²) in [7, 11) is 0. The second-order valence-corrected chi connectivity index (χ2v) is 4.76. The topological polar surface area (TPSA) is 32.3 Å². The third-order valence-corrected chi connectivity index (χ3v) is 3.33. The van der Waals surface area contributed by atoms with Crippen LogP contribution in [0.2, 0.25) is 0 Å². The summed E-state index contributed by atoms with van der Waals surface area (Å²) >= 11 is 0.